The van der Waals surface area contributed by atoms with Crippen molar-refractivity contribution in [1.29, 1.82) is 0 Å². The zero-order chi connectivity index (χ0) is 17.9. The molecule has 0 bridgehead atoms. The van der Waals surface area contributed by atoms with Crippen LogP contribution in [0.2, 0.25) is 0 Å². The average molecular weight is 361 g/mol. The molecule has 128 valence electrons. The molecule has 0 unspecified atom stereocenters. The van der Waals surface area contributed by atoms with Crippen molar-refractivity contribution < 1.29 is 4.68 Å². The first-order chi connectivity index (χ1) is 12.7. The molecule has 0 aliphatic carbocycles. The van der Waals surface area contributed by atoms with E-state index in [2.05, 4.69) is 10.2 Å². The Hall–Kier alpha value is -3.12. The summed E-state index contributed by atoms with van der Waals surface area (Å²) in [5.41, 5.74) is 2.85. The lowest BCUT2D eigenvalue weighted by atomic mass is 10.3. The van der Waals surface area contributed by atoms with Crippen molar-refractivity contribution in [2.45, 2.75) is 4.90 Å². The van der Waals surface area contributed by atoms with Gasteiger partial charge in [-0.3, -0.25) is 4.79 Å². The summed E-state index contributed by atoms with van der Waals surface area (Å²) in [6, 6.07) is 21.3. The van der Waals surface area contributed by atoms with Crippen molar-refractivity contribution in [2.75, 3.05) is 6.26 Å². The summed E-state index contributed by atoms with van der Waals surface area (Å²) in [6.45, 7) is 0. The molecule has 0 aliphatic rings. The Bertz CT molecular complexity index is 1100. The first-order valence-electron chi connectivity index (χ1n) is 8.15. The van der Waals surface area contributed by atoms with E-state index in [0.29, 0.717) is 11.4 Å². The molecule has 6 heteroatoms. The monoisotopic (exact) mass is 361 g/mol. The summed E-state index contributed by atoms with van der Waals surface area (Å²) in [4.78, 5) is 13.5. The van der Waals surface area contributed by atoms with Gasteiger partial charge in [0.15, 0.2) is 5.69 Å². The molecule has 1 N–H and O–H groups in total. The van der Waals surface area contributed by atoms with Crippen molar-refractivity contribution in [3.63, 3.8) is 0 Å². The van der Waals surface area contributed by atoms with Crippen molar-refractivity contribution >= 4 is 11.8 Å². The van der Waals surface area contributed by atoms with E-state index in [9.17, 15) is 4.79 Å². The van der Waals surface area contributed by atoms with Gasteiger partial charge in [0.1, 0.15) is 5.69 Å². The summed E-state index contributed by atoms with van der Waals surface area (Å²) < 4.78 is 3.59. The third kappa shape index (κ3) is 3.19. The van der Waals surface area contributed by atoms with Crippen LogP contribution in [0.4, 0.5) is 0 Å². The van der Waals surface area contributed by atoms with E-state index in [1.54, 1.807) is 28.7 Å². The molecule has 2 aromatic carbocycles. The number of aromatic nitrogens is 4. The number of hydrogen-bond acceptors (Lipinski definition) is 3. The molecule has 2 aromatic heterocycles. The minimum atomic E-state index is -0.121. The maximum atomic E-state index is 12.4. The number of aromatic amines is 1. The highest BCUT2D eigenvalue weighted by atomic mass is 32.2. The maximum Gasteiger partial charge on any atom is 0.235 e. The van der Waals surface area contributed by atoms with Gasteiger partial charge in [0.25, 0.3) is 0 Å². The van der Waals surface area contributed by atoms with Gasteiger partial charge in [0, 0.05) is 35.4 Å². The molecular weight excluding hydrogens is 344 g/mol. The quantitative estimate of drug-likeness (QED) is 0.448. The lowest BCUT2D eigenvalue weighted by Gasteiger charge is -2.07. The number of benzene rings is 2. The molecule has 0 spiro atoms. The number of hydrogen-bond donors (Lipinski definition) is 1. The van der Waals surface area contributed by atoms with Crippen LogP contribution in [-0.4, -0.2) is 21.1 Å². The molecule has 2 heterocycles. The molecule has 4 rings (SSSR count). The molecule has 0 atom stereocenters. The number of thioether (sulfide) groups is 1. The van der Waals surface area contributed by atoms with Gasteiger partial charge in [0.05, 0.1) is 5.69 Å². The standard InChI is InChI=1S/C20H16N4OS/c1-26-17-9-5-8-16(14-17)24-13-11-19(25)20(22-24)18-10-12-23(21-18)15-6-3-2-4-7-15/h2-14H,1H3/p+1. The van der Waals surface area contributed by atoms with Crippen molar-refractivity contribution in [3.8, 4) is 22.8 Å². The van der Waals surface area contributed by atoms with E-state index >= 15 is 0 Å². The molecule has 0 radical (unpaired) electrons. The number of nitrogens with zero attached hydrogens (tertiary/aromatic N) is 3. The fourth-order valence-corrected chi connectivity index (χ4v) is 3.17. The van der Waals surface area contributed by atoms with Crippen LogP contribution < -0.4 is 10.1 Å². The Kier molecular flexibility index (Phi) is 4.41. The number of nitrogens with one attached hydrogen (secondary N) is 1. The summed E-state index contributed by atoms with van der Waals surface area (Å²) >= 11 is 1.67. The third-order valence-corrected chi connectivity index (χ3v) is 4.77. The number of para-hydroxylation sites is 1. The fraction of sp³-hybridized carbons (Fsp3) is 0.0500. The molecule has 0 saturated carbocycles. The van der Waals surface area contributed by atoms with Crippen LogP contribution in [0.15, 0.2) is 88.8 Å². The Morgan fingerprint density at radius 3 is 2.69 bits per heavy atom. The van der Waals surface area contributed by atoms with Gasteiger partial charge in [0.2, 0.25) is 17.3 Å². The zero-order valence-electron chi connectivity index (χ0n) is 14.2. The van der Waals surface area contributed by atoms with Crippen LogP contribution in [-0.2, 0) is 0 Å². The van der Waals surface area contributed by atoms with E-state index in [-0.39, 0.29) is 5.43 Å². The molecule has 0 saturated heterocycles. The van der Waals surface area contributed by atoms with Crippen LogP contribution in [0, 0.1) is 0 Å². The van der Waals surface area contributed by atoms with Gasteiger partial charge in [-0.1, -0.05) is 28.9 Å². The van der Waals surface area contributed by atoms with Gasteiger partial charge >= 0.3 is 0 Å². The summed E-state index contributed by atoms with van der Waals surface area (Å²) in [6.07, 6.45) is 5.61. The lowest BCUT2D eigenvalue weighted by Crippen LogP contribution is -2.31. The van der Waals surface area contributed by atoms with Crippen LogP contribution >= 0.6 is 11.8 Å². The molecule has 5 nitrogen and oxygen atoms in total. The number of rotatable bonds is 4. The van der Waals surface area contributed by atoms with Gasteiger partial charge in [-0.15, -0.1) is 11.8 Å². The second-order valence-corrected chi connectivity index (χ2v) is 6.60. The van der Waals surface area contributed by atoms with Crippen LogP contribution in [0.25, 0.3) is 22.8 Å². The lowest BCUT2D eigenvalue weighted by molar-refractivity contribution is -0.654. The fourth-order valence-electron chi connectivity index (χ4n) is 2.72. The van der Waals surface area contributed by atoms with Gasteiger partial charge in [-0.25, -0.2) is 4.68 Å². The van der Waals surface area contributed by atoms with E-state index < -0.39 is 0 Å². The molecular formula is C20H17N4OS+. The SMILES string of the molecule is CSc1cccc(-n2ccc(=O)c(-c3cc[n+](-c4ccccc4)[nH]3)n2)c1. The highest BCUT2D eigenvalue weighted by Gasteiger charge is 2.14. The topological polar surface area (TPSA) is 54.6 Å². The van der Waals surface area contributed by atoms with Gasteiger partial charge < -0.3 is 0 Å². The number of H-pyrrole nitrogens is 1. The van der Waals surface area contributed by atoms with Gasteiger partial charge in [-0.05, 0) is 24.5 Å². The zero-order valence-corrected chi connectivity index (χ0v) is 15.0. The predicted molar refractivity (Wildman–Crippen MR) is 103 cm³/mol. The Morgan fingerprint density at radius 2 is 1.88 bits per heavy atom. The third-order valence-electron chi connectivity index (χ3n) is 4.05. The first kappa shape index (κ1) is 16.4. The second-order valence-electron chi connectivity index (χ2n) is 5.72. The van der Waals surface area contributed by atoms with Gasteiger partial charge in [-0.2, -0.15) is 10.2 Å². The van der Waals surface area contributed by atoms with E-state index in [1.807, 2.05) is 77.8 Å². The van der Waals surface area contributed by atoms with Crippen molar-refractivity contribution in [2.24, 2.45) is 0 Å². The highest BCUT2D eigenvalue weighted by Crippen LogP contribution is 2.18. The Balaban J connectivity index is 1.76. The molecule has 4 aromatic rings. The molecule has 26 heavy (non-hydrogen) atoms. The Morgan fingerprint density at radius 1 is 1.04 bits per heavy atom. The minimum absolute atomic E-state index is 0.121. The van der Waals surface area contributed by atoms with Crippen LogP contribution in [0.5, 0.6) is 0 Å². The van der Waals surface area contributed by atoms with E-state index in [1.165, 1.54) is 0 Å². The summed E-state index contributed by atoms with van der Waals surface area (Å²) in [5.74, 6) is 0. The summed E-state index contributed by atoms with van der Waals surface area (Å²) in [5, 5.41) is 7.77. The highest BCUT2D eigenvalue weighted by molar-refractivity contribution is 7.98. The largest absolute Gasteiger partial charge is 0.287 e. The molecule has 0 fully saturated rings. The minimum Gasteiger partial charge on any atom is -0.287 e. The van der Waals surface area contributed by atoms with Crippen molar-refractivity contribution in [3.05, 3.63) is 89.3 Å². The molecule has 0 aliphatic heterocycles. The smallest absolute Gasteiger partial charge is 0.235 e. The average Bonchev–Trinajstić information content (AvgIpc) is 3.19. The van der Waals surface area contributed by atoms with Crippen molar-refractivity contribution in [1.82, 2.24) is 14.9 Å². The summed E-state index contributed by atoms with van der Waals surface area (Å²) in [7, 11) is 0. The normalized spacial score (nSPS) is 10.8. The van der Waals surface area contributed by atoms with Crippen LogP contribution in [0.3, 0.4) is 0 Å². The Labute approximate surface area is 154 Å². The van der Waals surface area contributed by atoms with Crippen LogP contribution in [0.1, 0.15) is 0 Å². The maximum absolute atomic E-state index is 12.4. The first-order valence-corrected chi connectivity index (χ1v) is 9.38. The molecule has 0 amide bonds. The van der Waals surface area contributed by atoms with E-state index in [4.69, 9.17) is 0 Å². The second kappa shape index (κ2) is 7.01. The van der Waals surface area contributed by atoms with E-state index in [0.717, 1.165) is 16.3 Å². The predicted octanol–water partition coefficient (Wildman–Crippen LogP) is 3.23.